The summed E-state index contributed by atoms with van der Waals surface area (Å²) >= 11 is 6.04. The van der Waals surface area contributed by atoms with E-state index in [2.05, 4.69) is 17.4 Å². The van der Waals surface area contributed by atoms with Crippen LogP contribution in [0.15, 0.2) is 24.3 Å². The summed E-state index contributed by atoms with van der Waals surface area (Å²) in [6.45, 7) is 1.97. The van der Waals surface area contributed by atoms with Gasteiger partial charge in [0.15, 0.2) is 0 Å². The Morgan fingerprint density at radius 3 is 2.89 bits per heavy atom. The molecule has 1 aromatic carbocycles. The van der Waals surface area contributed by atoms with Crippen LogP contribution in [-0.4, -0.2) is 25.3 Å². The van der Waals surface area contributed by atoms with Crippen molar-refractivity contribution in [1.82, 2.24) is 5.32 Å². The van der Waals surface area contributed by atoms with E-state index in [0.29, 0.717) is 18.1 Å². The molecule has 0 aromatic heterocycles. The Morgan fingerprint density at radius 2 is 2.16 bits per heavy atom. The van der Waals surface area contributed by atoms with Crippen LogP contribution in [0.5, 0.6) is 0 Å². The summed E-state index contributed by atoms with van der Waals surface area (Å²) in [6, 6.07) is 8.95. The van der Waals surface area contributed by atoms with Crippen molar-refractivity contribution in [3.63, 3.8) is 0 Å². The number of ether oxygens (including phenoxy) is 1. The molecule has 0 radical (unpaired) electrons. The van der Waals surface area contributed by atoms with Crippen LogP contribution in [-0.2, 0) is 4.74 Å². The lowest BCUT2D eigenvalue weighted by molar-refractivity contribution is 0.0132. The van der Waals surface area contributed by atoms with Crippen molar-refractivity contribution in [2.75, 3.05) is 13.2 Å². The molecule has 1 saturated heterocycles. The highest BCUT2D eigenvalue weighted by Gasteiger charge is 2.30. The average Bonchev–Trinajstić information content (AvgIpc) is 2.38. The molecule has 1 aromatic rings. The van der Waals surface area contributed by atoms with Gasteiger partial charge >= 0.3 is 0 Å². The molecule has 2 fully saturated rings. The van der Waals surface area contributed by atoms with Gasteiger partial charge in [-0.1, -0.05) is 23.7 Å². The van der Waals surface area contributed by atoms with Crippen LogP contribution in [0.1, 0.15) is 43.6 Å². The number of rotatable bonds is 4. The van der Waals surface area contributed by atoms with Crippen molar-refractivity contribution >= 4 is 11.6 Å². The third-order valence-electron chi connectivity index (χ3n) is 4.37. The Hall–Kier alpha value is -0.570. The molecule has 104 valence electrons. The van der Waals surface area contributed by atoms with E-state index in [0.717, 1.165) is 18.2 Å². The van der Waals surface area contributed by atoms with E-state index < -0.39 is 0 Å². The molecule has 1 N–H and O–H groups in total. The fourth-order valence-electron chi connectivity index (χ4n) is 3.08. The Kier molecular flexibility index (Phi) is 4.42. The van der Waals surface area contributed by atoms with Gasteiger partial charge in [0.05, 0.1) is 6.10 Å². The minimum Gasteiger partial charge on any atom is -0.377 e. The van der Waals surface area contributed by atoms with Gasteiger partial charge in [-0.3, -0.25) is 0 Å². The first-order valence-electron chi connectivity index (χ1n) is 7.42. The molecule has 0 spiro atoms. The number of benzene rings is 1. The largest absolute Gasteiger partial charge is 0.377 e. The van der Waals surface area contributed by atoms with Gasteiger partial charge in [-0.2, -0.15) is 0 Å². The fraction of sp³-hybridized carbons (Fsp3) is 0.625. The molecular weight excluding hydrogens is 258 g/mol. The smallest absolute Gasteiger partial charge is 0.0699 e. The van der Waals surface area contributed by atoms with Gasteiger partial charge in [-0.25, -0.2) is 0 Å². The molecule has 2 nitrogen and oxygen atoms in total. The number of nitrogens with one attached hydrogen (secondary N) is 1. The van der Waals surface area contributed by atoms with Crippen molar-refractivity contribution in [3.8, 4) is 0 Å². The second-order valence-electron chi connectivity index (χ2n) is 5.82. The summed E-state index contributed by atoms with van der Waals surface area (Å²) in [6.07, 6.45) is 6.68. The van der Waals surface area contributed by atoms with Crippen molar-refractivity contribution in [2.24, 2.45) is 0 Å². The normalized spacial score (nSPS) is 30.9. The fourth-order valence-corrected chi connectivity index (χ4v) is 3.28. The van der Waals surface area contributed by atoms with Gasteiger partial charge in [0.2, 0.25) is 0 Å². The van der Waals surface area contributed by atoms with E-state index in [1.165, 1.54) is 37.7 Å². The van der Waals surface area contributed by atoms with Crippen molar-refractivity contribution in [1.29, 1.82) is 0 Å². The van der Waals surface area contributed by atoms with Gasteiger partial charge in [0, 0.05) is 24.2 Å². The molecule has 1 saturated carbocycles. The number of hydrogen-bond donors (Lipinski definition) is 1. The first-order chi connectivity index (χ1) is 9.31. The lowest BCUT2D eigenvalue weighted by Gasteiger charge is -2.37. The highest BCUT2D eigenvalue weighted by Crippen LogP contribution is 2.37. The maximum Gasteiger partial charge on any atom is 0.0699 e. The van der Waals surface area contributed by atoms with Crippen molar-refractivity contribution in [3.05, 3.63) is 34.9 Å². The predicted molar refractivity (Wildman–Crippen MR) is 78.8 cm³/mol. The summed E-state index contributed by atoms with van der Waals surface area (Å²) in [5.41, 5.74) is 1.39. The molecular formula is C16H22ClNO. The molecule has 1 atom stereocenters. The van der Waals surface area contributed by atoms with Gasteiger partial charge in [0.1, 0.15) is 0 Å². The van der Waals surface area contributed by atoms with Crippen LogP contribution < -0.4 is 5.32 Å². The highest BCUT2D eigenvalue weighted by molar-refractivity contribution is 6.30. The SMILES string of the molecule is Clc1cccc(C2CC(NCC3CCCCO3)C2)c1. The van der Waals surface area contributed by atoms with Crippen LogP contribution in [0.25, 0.3) is 0 Å². The maximum atomic E-state index is 6.04. The quantitative estimate of drug-likeness (QED) is 0.906. The van der Waals surface area contributed by atoms with Gasteiger partial charge in [-0.05, 0) is 55.7 Å². The summed E-state index contributed by atoms with van der Waals surface area (Å²) in [4.78, 5) is 0. The third kappa shape index (κ3) is 3.50. The second kappa shape index (κ2) is 6.25. The highest BCUT2D eigenvalue weighted by atomic mass is 35.5. The molecule has 1 unspecified atom stereocenters. The van der Waals surface area contributed by atoms with E-state index in [1.807, 2.05) is 12.1 Å². The van der Waals surface area contributed by atoms with Crippen molar-refractivity contribution < 1.29 is 4.74 Å². The topological polar surface area (TPSA) is 21.3 Å². The first kappa shape index (κ1) is 13.4. The Labute approximate surface area is 120 Å². The number of hydrogen-bond acceptors (Lipinski definition) is 2. The average molecular weight is 280 g/mol. The molecule has 1 aliphatic heterocycles. The van der Waals surface area contributed by atoms with E-state index in [-0.39, 0.29) is 0 Å². The van der Waals surface area contributed by atoms with Crippen LogP contribution >= 0.6 is 11.6 Å². The van der Waals surface area contributed by atoms with Gasteiger partial charge in [0.25, 0.3) is 0 Å². The number of halogens is 1. The molecule has 1 aliphatic carbocycles. The van der Waals surface area contributed by atoms with E-state index in [9.17, 15) is 0 Å². The van der Waals surface area contributed by atoms with Crippen LogP contribution in [0.4, 0.5) is 0 Å². The van der Waals surface area contributed by atoms with E-state index in [1.54, 1.807) is 0 Å². The van der Waals surface area contributed by atoms with E-state index in [4.69, 9.17) is 16.3 Å². The Balaban J connectivity index is 1.40. The molecule has 0 bridgehead atoms. The molecule has 3 heteroatoms. The summed E-state index contributed by atoms with van der Waals surface area (Å²) in [5, 5.41) is 4.50. The van der Waals surface area contributed by atoms with Crippen LogP contribution in [0, 0.1) is 0 Å². The summed E-state index contributed by atoms with van der Waals surface area (Å²) in [7, 11) is 0. The maximum absolute atomic E-state index is 6.04. The molecule has 3 rings (SSSR count). The second-order valence-corrected chi connectivity index (χ2v) is 6.25. The summed E-state index contributed by atoms with van der Waals surface area (Å²) < 4.78 is 5.74. The third-order valence-corrected chi connectivity index (χ3v) is 4.60. The Morgan fingerprint density at radius 1 is 1.26 bits per heavy atom. The zero-order valence-corrected chi connectivity index (χ0v) is 12.0. The Bertz CT molecular complexity index is 411. The van der Waals surface area contributed by atoms with Crippen LogP contribution in [0.2, 0.25) is 5.02 Å². The zero-order valence-electron chi connectivity index (χ0n) is 11.3. The van der Waals surface area contributed by atoms with Gasteiger partial charge < -0.3 is 10.1 Å². The van der Waals surface area contributed by atoms with Crippen molar-refractivity contribution in [2.45, 2.75) is 50.2 Å². The first-order valence-corrected chi connectivity index (χ1v) is 7.79. The lowest BCUT2D eigenvalue weighted by Crippen LogP contribution is -2.44. The standard InChI is InChI=1S/C16H22ClNO/c17-14-5-3-4-12(8-14)13-9-15(10-13)18-11-16-6-1-2-7-19-16/h3-5,8,13,15-16,18H,1-2,6-7,9-11H2. The molecule has 0 amide bonds. The summed E-state index contributed by atoms with van der Waals surface area (Å²) in [5.74, 6) is 0.684. The van der Waals surface area contributed by atoms with Crippen LogP contribution in [0.3, 0.4) is 0 Å². The zero-order chi connectivity index (χ0) is 13.1. The minimum absolute atomic E-state index is 0.443. The van der Waals surface area contributed by atoms with Gasteiger partial charge in [-0.15, -0.1) is 0 Å². The van der Waals surface area contributed by atoms with E-state index >= 15 is 0 Å². The predicted octanol–water partition coefficient (Wildman–Crippen LogP) is 3.74. The lowest BCUT2D eigenvalue weighted by atomic mass is 9.76. The molecule has 1 heterocycles. The monoisotopic (exact) mass is 279 g/mol. The molecule has 2 aliphatic rings. The molecule has 19 heavy (non-hydrogen) atoms. The minimum atomic E-state index is 0.443.